The third-order valence-corrected chi connectivity index (χ3v) is 2.37. The molecule has 0 spiro atoms. The predicted molar refractivity (Wildman–Crippen MR) is 53.1 cm³/mol. The summed E-state index contributed by atoms with van der Waals surface area (Å²) < 4.78 is 5.01. The van der Waals surface area contributed by atoms with Crippen molar-refractivity contribution in [3.8, 4) is 0 Å². The molecule has 0 saturated heterocycles. The molecule has 6 heteroatoms. The number of carbonyl (C=O) groups is 2. The predicted octanol–water partition coefficient (Wildman–Crippen LogP) is 0.756. The van der Waals surface area contributed by atoms with Crippen LogP contribution in [0.1, 0.15) is 41.4 Å². The normalized spacial score (nSPS) is 14.8. The van der Waals surface area contributed by atoms with Crippen LogP contribution in [0, 0.1) is 0 Å². The van der Waals surface area contributed by atoms with Gasteiger partial charge in [0, 0.05) is 18.5 Å². The topological polar surface area (TPSA) is 92.4 Å². The molecule has 1 aliphatic rings. The number of carboxylic acids is 1. The Hall–Kier alpha value is -1.85. The first kappa shape index (κ1) is 10.7. The first-order valence-electron chi connectivity index (χ1n) is 5.13. The molecule has 2 rings (SSSR count). The van der Waals surface area contributed by atoms with Crippen LogP contribution in [0.4, 0.5) is 0 Å². The van der Waals surface area contributed by atoms with Crippen molar-refractivity contribution < 1.29 is 19.2 Å². The van der Waals surface area contributed by atoms with Crippen molar-refractivity contribution >= 4 is 11.9 Å². The van der Waals surface area contributed by atoms with Crippen LogP contribution in [-0.4, -0.2) is 28.7 Å². The lowest BCUT2D eigenvalue weighted by atomic mass is 10.3. The summed E-state index contributed by atoms with van der Waals surface area (Å²) in [6.07, 6.45) is 2.06. The molecule has 1 aliphatic carbocycles. The number of rotatable bonds is 5. The highest BCUT2D eigenvalue weighted by atomic mass is 16.5. The van der Waals surface area contributed by atoms with Gasteiger partial charge in [-0.25, -0.2) is 0 Å². The van der Waals surface area contributed by atoms with Crippen molar-refractivity contribution in [2.75, 3.05) is 6.54 Å². The van der Waals surface area contributed by atoms with Gasteiger partial charge in [0.2, 0.25) is 0 Å². The van der Waals surface area contributed by atoms with Crippen molar-refractivity contribution in [1.82, 2.24) is 10.5 Å². The Morgan fingerprint density at radius 2 is 2.31 bits per heavy atom. The van der Waals surface area contributed by atoms with E-state index in [0.29, 0.717) is 5.92 Å². The van der Waals surface area contributed by atoms with E-state index in [-0.39, 0.29) is 18.7 Å². The first-order chi connectivity index (χ1) is 7.66. The molecule has 0 radical (unpaired) electrons. The molecule has 6 nitrogen and oxygen atoms in total. The summed E-state index contributed by atoms with van der Waals surface area (Å²) in [5.41, 5.74) is 0.215. The average molecular weight is 224 g/mol. The molecule has 0 atom stereocenters. The van der Waals surface area contributed by atoms with Crippen LogP contribution in [0.25, 0.3) is 0 Å². The number of carboxylic acid groups (broad SMARTS) is 1. The number of hydrogen-bond donors (Lipinski definition) is 2. The molecule has 1 heterocycles. The fourth-order valence-corrected chi connectivity index (χ4v) is 1.33. The monoisotopic (exact) mass is 224 g/mol. The van der Waals surface area contributed by atoms with E-state index in [1.807, 2.05) is 0 Å². The van der Waals surface area contributed by atoms with E-state index in [2.05, 4.69) is 10.5 Å². The van der Waals surface area contributed by atoms with Gasteiger partial charge in [0.05, 0.1) is 6.42 Å². The molecular weight excluding hydrogens is 212 g/mol. The Kier molecular flexibility index (Phi) is 2.89. The summed E-state index contributed by atoms with van der Waals surface area (Å²) in [6, 6.07) is 1.62. The minimum Gasteiger partial charge on any atom is -0.481 e. The summed E-state index contributed by atoms with van der Waals surface area (Å²) in [4.78, 5) is 21.7. The van der Waals surface area contributed by atoms with Gasteiger partial charge in [-0.3, -0.25) is 9.59 Å². The van der Waals surface area contributed by atoms with E-state index in [1.54, 1.807) is 6.07 Å². The van der Waals surface area contributed by atoms with Crippen LogP contribution in [0.3, 0.4) is 0 Å². The third kappa shape index (κ3) is 2.59. The van der Waals surface area contributed by atoms with Crippen LogP contribution < -0.4 is 5.32 Å². The van der Waals surface area contributed by atoms with Gasteiger partial charge in [-0.05, 0) is 12.8 Å². The standard InChI is InChI=1S/C10H12N2O4/c13-9(14)3-4-11-10(15)7-5-8(16-12-7)6-1-2-6/h5-6H,1-4H2,(H,11,15)(H,13,14). The molecule has 2 N–H and O–H groups in total. The molecule has 0 unspecified atom stereocenters. The maximum Gasteiger partial charge on any atom is 0.305 e. The highest BCUT2D eigenvalue weighted by Crippen LogP contribution is 2.40. The smallest absolute Gasteiger partial charge is 0.305 e. The number of aliphatic carboxylic acids is 1. The summed E-state index contributed by atoms with van der Waals surface area (Å²) in [6.45, 7) is 0.0970. The summed E-state index contributed by atoms with van der Waals surface area (Å²) in [5, 5.41) is 14.5. The molecular formula is C10H12N2O4. The second-order valence-corrected chi connectivity index (χ2v) is 3.79. The van der Waals surface area contributed by atoms with Crippen molar-refractivity contribution in [3.63, 3.8) is 0 Å². The quantitative estimate of drug-likeness (QED) is 0.770. The fraction of sp³-hybridized carbons (Fsp3) is 0.500. The molecule has 0 aliphatic heterocycles. The zero-order chi connectivity index (χ0) is 11.5. The van der Waals surface area contributed by atoms with E-state index >= 15 is 0 Å². The number of amides is 1. The summed E-state index contributed by atoms with van der Waals surface area (Å²) in [7, 11) is 0. The number of aromatic nitrogens is 1. The minimum absolute atomic E-state index is 0.0970. The molecule has 1 fully saturated rings. The molecule has 1 aromatic heterocycles. The second kappa shape index (κ2) is 4.34. The minimum atomic E-state index is -0.945. The molecule has 0 bridgehead atoms. The average Bonchev–Trinajstić information content (AvgIpc) is 2.96. The number of nitrogens with zero attached hydrogens (tertiary/aromatic N) is 1. The van der Waals surface area contributed by atoms with E-state index in [1.165, 1.54) is 0 Å². The largest absolute Gasteiger partial charge is 0.481 e. The van der Waals surface area contributed by atoms with Gasteiger partial charge in [-0.1, -0.05) is 5.16 Å². The van der Waals surface area contributed by atoms with Gasteiger partial charge < -0.3 is 14.9 Å². The Labute approximate surface area is 91.6 Å². The Morgan fingerprint density at radius 1 is 1.56 bits per heavy atom. The molecule has 1 saturated carbocycles. The van der Waals surface area contributed by atoms with Crippen LogP contribution in [0.2, 0.25) is 0 Å². The maximum atomic E-state index is 11.5. The first-order valence-corrected chi connectivity index (χ1v) is 5.13. The lowest BCUT2D eigenvalue weighted by molar-refractivity contribution is -0.136. The van der Waals surface area contributed by atoms with Gasteiger partial charge in [-0.15, -0.1) is 0 Å². The molecule has 0 aromatic carbocycles. The third-order valence-electron chi connectivity index (χ3n) is 2.37. The van der Waals surface area contributed by atoms with Crippen LogP contribution in [0.15, 0.2) is 10.6 Å². The van der Waals surface area contributed by atoms with Crippen LogP contribution in [0.5, 0.6) is 0 Å². The summed E-state index contributed by atoms with van der Waals surface area (Å²) in [5.74, 6) is -0.188. The fourth-order valence-electron chi connectivity index (χ4n) is 1.33. The number of hydrogen-bond acceptors (Lipinski definition) is 4. The zero-order valence-electron chi connectivity index (χ0n) is 8.60. The molecule has 1 amide bonds. The van der Waals surface area contributed by atoms with Gasteiger partial charge in [-0.2, -0.15) is 0 Å². The SMILES string of the molecule is O=C(O)CCNC(=O)c1cc(C2CC2)on1. The number of carbonyl (C=O) groups excluding carboxylic acids is 1. The van der Waals surface area contributed by atoms with Crippen LogP contribution in [-0.2, 0) is 4.79 Å². The van der Waals surface area contributed by atoms with Gasteiger partial charge in [0.1, 0.15) is 5.76 Å². The lowest BCUT2D eigenvalue weighted by Gasteiger charge is -1.98. The Balaban J connectivity index is 1.85. The van der Waals surface area contributed by atoms with E-state index < -0.39 is 11.9 Å². The van der Waals surface area contributed by atoms with E-state index in [4.69, 9.17) is 9.63 Å². The molecule has 16 heavy (non-hydrogen) atoms. The van der Waals surface area contributed by atoms with Crippen LogP contribution >= 0.6 is 0 Å². The maximum absolute atomic E-state index is 11.5. The second-order valence-electron chi connectivity index (χ2n) is 3.79. The van der Waals surface area contributed by atoms with Gasteiger partial charge >= 0.3 is 5.97 Å². The highest BCUT2D eigenvalue weighted by Gasteiger charge is 2.28. The van der Waals surface area contributed by atoms with Gasteiger partial charge in [0.15, 0.2) is 5.69 Å². The van der Waals surface area contributed by atoms with Crippen molar-refractivity contribution in [2.45, 2.75) is 25.2 Å². The van der Waals surface area contributed by atoms with Crippen molar-refractivity contribution in [2.24, 2.45) is 0 Å². The van der Waals surface area contributed by atoms with Crippen molar-refractivity contribution in [3.05, 3.63) is 17.5 Å². The van der Waals surface area contributed by atoms with Gasteiger partial charge in [0.25, 0.3) is 5.91 Å². The van der Waals surface area contributed by atoms with Crippen molar-refractivity contribution in [1.29, 1.82) is 0 Å². The zero-order valence-corrected chi connectivity index (χ0v) is 8.60. The highest BCUT2D eigenvalue weighted by molar-refractivity contribution is 5.92. The van der Waals surface area contributed by atoms with E-state index in [9.17, 15) is 9.59 Å². The molecule has 1 aromatic rings. The Bertz CT molecular complexity index is 409. The Morgan fingerprint density at radius 3 is 2.94 bits per heavy atom. The summed E-state index contributed by atoms with van der Waals surface area (Å²) >= 11 is 0. The lowest BCUT2D eigenvalue weighted by Crippen LogP contribution is -2.26. The molecule has 86 valence electrons. The number of nitrogens with one attached hydrogen (secondary N) is 1. The van der Waals surface area contributed by atoms with E-state index in [0.717, 1.165) is 18.6 Å².